The van der Waals surface area contributed by atoms with Crippen LogP contribution >= 0.6 is 0 Å². The van der Waals surface area contributed by atoms with Gasteiger partial charge in [-0.15, -0.1) is 0 Å². The van der Waals surface area contributed by atoms with Gasteiger partial charge in [-0.25, -0.2) is 9.07 Å². The van der Waals surface area contributed by atoms with Crippen molar-refractivity contribution < 1.29 is 4.39 Å². The highest BCUT2D eigenvalue weighted by molar-refractivity contribution is 5.81. The van der Waals surface area contributed by atoms with E-state index >= 15 is 0 Å². The monoisotopic (exact) mass is 334 g/mol. The maximum Gasteiger partial charge on any atom is 0.298 e. The number of rotatable bonds is 2. The molecule has 0 atom stereocenters. The molecule has 0 amide bonds. The molecule has 124 valence electrons. The van der Waals surface area contributed by atoms with Crippen LogP contribution in [0.1, 0.15) is 11.3 Å². The zero-order valence-corrected chi connectivity index (χ0v) is 13.8. The lowest BCUT2D eigenvalue weighted by Gasteiger charge is -2.08. The third-order valence-corrected chi connectivity index (χ3v) is 4.15. The van der Waals surface area contributed by atoms with Gasteiger partial charge >= 0.3 is 0 Å². The van der Waals surface area contributed by atoms with E-state index in [1.807, 2.05) is 38.1 Å². The second-order valence-corrected chi connectivity index (χ2v) is 5.93. The third kappa shape index (κ3) is 2.52. The van der Waals surface area contributed by atoms with E-state index in [0.717, 1.165) is 11.3 Å². The molecule has 0 fully saturated rings. The fourth-order valence-electron chi connectivity index (χ4n) is 2.81. The van der Waals surface area contributed by atoms with Gasteiger partial charge in [-0.05, 0) is 50.2 Å². The Bertz CT molecular complexity index is 1130. The number of halogens is 1. The van der Waals surface area contributed by atoms with Crippen molar-refractivity contribution in [3.8, 4) is 11.4 Å². The topological polar surface area (TPSA) is 52.7 Å². The standard InChI is InChI=1S/C19H15FN4O/c1-12-3-7-15(8-4-12)23-18-17(11-21-23)13(2)22-24(19(18)25)16-9-5-14(20)6-10-16/h3-11H,1-2H3. The predicted octanol–water partition coefficient (Wildman–Crippen LogP) is 3.33. The summed E-state index contributed by atoms with van der Waals surface area (Å²) in [5.41, 5.74) is 3.26. The number of aromatic nitrogens is 4. The first kappa shape index (κ1) is 15.3. The Morgan fingerprint density at radius 1 is 0.880 bits per heavy atom. The number of fused-ring (bicyclic) bond motifs is 1. The fourth-order valence-corrected chi connectivity index (χ4v) is 2.81. The minimum atomic E-state index is -0.362. The van der Waals surface area contributed by atoms with Crippen molar-refractivity contribution in [2.75, 3.05) is 0 Å². The number of hydrogen-bond acceptors (Lipinski definition) is 3. The van der Waals surface area contributed by atoms with Crippen molar-refractivity contribution in [2.24, 2.45) is 0 Å². The Kier molecular flexibility index (Phi) is 3.46. The minimum absolute atomic E-state index is 0.301. The van der Waals surface area contributed by atoms with Gasteiger partial charge in [-0.2, -0.15) is 14.9 Å². The summed E-state index contributed by atoms with van der Waals surface area (Å²) in [6.07, 6.45) is 1.65. The van der Waals surface area contributed by atoms with E-state index in [4.69, 9.17) is 0 Å². The van der Waals surface area contributed by atoms with E-state index in [2.05, 4.69) is 10.2 Å². The number of benzene rings is 2. The summed E-state index contributed by atoms with van der Waals surface area (Å²) in [6, 6.07) is 13.4. The Morgan fingerprint density at radius 2 is 1.48 bits per heavy atom. The number of hydrogen-bond donors (Lipinski definition) is 0. The largest absolute Gasteiger partial charge is 0.298 e. The Labute approximate surface area is 143 Å². The van der Waals surface area contributed by atoms with Crippen LogP contribution in [0.4, 0.5) is 4.39 Å². The summed E-state index contributed by atoms with van der Waals surface area (Å²) in [4.78, 5) is 13.0. The Morgan fingerprint density at radius 3 is 2.16 bits per heavy atom. The summed E-state index contributed by atoms with van der Waals surface area (Å²) >= 11 is 0. The van der Waals surface area contributed by atoms with Crippen LogP contribution in [0.25, 0.3) is 22.3 Å². The summed E-state index contributed by atoms with van der Waals surface area (Å²) in [6.45, 7) is 3.82. The summed E-state index contributed by atoms with van der Waals surface area (Å²) in [5.74, 6) is -0.362. The van der Waals surface area contributed by atoms with E-state index in [1.54, 1.807) is 10.9 Å². The summed E-state index contributed by atoms with van der Waals surface area (Å²) < 4.78 is 16.1. The quantitative estimate of drug-likeness (QED) is 0.565. The molecule has 5 nitrogen and oxygen atoms in total. The molecule has 0 unspecified atom stereocenters. The SMILES string of the molecule is Cc1ccc(-n2ncc3c(C)nn(-c4ccc(F)cc4)c(=O)c32)cc1. The van der Waals surface area contributed by atoms with Crippen molar-refractivity contribution in [1.82, 2.24) is 19.6 Å². The molecule has 0 saturated heterocycles. The van der Waals surface area contributed by atoms with Crippen molar-refractivity contribution >= 4 is 10.9 Å². The molecular weight excluding hydrogens is 319 g/mol. The van der Waals surface area contributed by atoms with Crippen LogP contribution in [0, 0.1) is 19.7 Å². The van der Waals surface area contributed by atoms with Crippen molar-refractivity contribution in [1.29, 1.82) is 0 Å². The first-order valence-electron chi connectivity index (χ1n) is 7.85. The van der Waals surface area contributed by atoms with Crippen LogP contribution in [-0.4, -0.2) is 19.6 Å². The Hall–Kier alpha value is -3.28. The molecule has 0 saturated carbocycles. The molecule has 0 aliphatic heterocycles. The molecule has 0 aliphatic carbocycles. The fraction of sp³-hybridized carbons (Fsp3) is 0.105. The molecule has 6 heteroatoms. The van der Waals surface area contributed by atoms with Crippen LogP contribution in [0.3, 0.4) is 0 Å². The maximum atomic E-state index is 13.2. The number of aryl methyl sites for hydroxylation is 2. The molecule has 25 heavy (non-hydrogen) atoms. The smallest absolute Gasteiger partial charge is 0.265 e. The van der Waals surface area contributed by atoms with Gasteiger partial charge in [0.05, 0.1) is 23.3 Å². The zero-order chi connectivity index (χ0) is 17.6. The van der Waals surface area contributed by atoms with Crippen LogP contribution in [0.15, 0.2) is 59.5 Å². The molecule has 0 N–H and O–H groups in total. The molecule has 2 heterocycles. The van der Waals surface area contributed by atoms with Gasteiger partial charge in [0.1, 0.15) is 11.3 Å². The van der Waals surface area contributed by atoms with Gasteiger partial charge in [-0.1, -0.05) is 17.7 Å². The normalized spacial score (nSPS) is 11.2. The first-order valence-corrected chi connectivity index (χ1v) is 7.85. The molecule has 0 bridgehead atoms. The lowest BCUT2D eigenvalue weighted by atomic mass is 10.2. The molecular formula is C19H15FN4O. The highest BCUT2D eigenvalue weighted by Crippen LogP contribution is 2.18. The average Bonchev–Trinajstić information content (AvgIpc) is 3.06. The van der Waals surface area contributed by atoms with E-state index in [0.29, 0.717) is 22.3 Å². The van der Waals surface area contributed by atoms with Gasteiger partial charge in [0.25, 0.3) is 5.56 Å². The lowest BCUT2D eigenvalue weighted by molar-refractivity contribution is 0.626. The average molecular weight is 334 g/mol. The lowest BCUT2D eigenvalue weighted by Crippen LogP contribution is -2.24. The highest BCUT2D eigenvalue weighted by atomic mass is 19.1. The van der Waals surface area contributed by atoms with E-state index in [-0.39, 0.29) is 11.4 Å². The highest BCUT2D eigenvalue weighted by Gasteiger charge is 2.15. The van der Waals surface area contributed by atoms with Crippen molar-refractivity contribution in [2.45, 2.75) is 13.8 Å². The first-order chi connectivity index (χ1) is 12.0. The van der Waals surface area contributed by atoms with E-state index in [9.17, 15) is 9.18 Å². The number of nitrogens with zero attached hydrogens (tertiary/aromatic N) is 4. The molecule has 0 aliphatic rings. The van der Waals surface area contributed by atoms with E-state index < -0.39 is 0 Å². The van der Waals surface area contributed by atoms with Gasteiger partial charge in [0.2, 0.25) is 0 Å². The van der Waals surface area contributed by atoms with Crippen LogP contribution in [-0.2, 0) is 0 Å². The molecule has 0 spiro atoms. The van der Waals surface area contributed by atoms with Crippen LogP contribution < -0.4 is 5.56 Å². The molecule has 4 rings (SSSR count). The third-order valence-electron chi connectivity index (χ3n) is 4.15. The Balaban J connectivity index is 2.00. The molecule has 4 aromatic rings. The molecule has 0 radical (unpaired) electrons. The maximum absolute atomic E-state index is 13.2. The second-order valence-electron chi connectivity index (χ2n) is 5.93. The van der Waals surface area contributed by atoms with Gasteiger partial charge in [-0.3, -0.25) is 4.79 Å². The van der Waals surface area contributed by atoms with Crippen molar-refractivity contribution in [3.63, 3.8) is 0 Å². The second kappa shape index (κ2) is 5.66. The zero-order valence-electron chi connectivity index (χ0n) is 13.8. The van der Waals surface area contributed by atoms with Gasteiger partial charge < -0.3 is 0 Å². The minimum Gasteiger partial charge on any atom is -0.265 e. The summed E-state index contributed by atoms with van der Waals surface area (Å²) in [5, 5.41) is 9.42. The predicted molar refractivity (Wildman–Crippen MR) is 93.9 cm³/mol. The molecule has 2 aromatic heterocycles. The van der Waals surface area contributed by atoms with Gasteiger partial charge in [0.15, 0.2) is 0 Å². The van der Waals surface area contributed by atoms with Crippen LogP contribution in [0.5, 0.6) is 0 Å². The van der Waals surface area contributed by atoms with Crippen molar-refractivity contribution in [3.05, 3.63) is 82.2 Å². The van der Waals surface area contributed by atoms with Gasteiger partial charge in [0, 0.05) is 5.39 Å². The van der Waals surface area contributed by atoms with Crippen LogP contribution in [0.2, 0.25) is 0 Å². The summed E-state index contributed by atoms with van der Waals surface area (Å²) in [7, 11) is 0. The van der Waals surface area contributed by atoms with E-state index in [1.165, 1.54) is 28.9 Å². The molecule has 2 aromatic carbocycles.